The van der Waals surface area contributed by atoms with Gasteiger partial charge < -0.3 is 10.2 Å². The van der Waals surface area contributed by atoms with Gasteiger partial charge in [-0.05, 0) is 19.3 Å². The molecule has 1 aliphatic rings. The summed E-state index contributed by atoms with van der Waals surface area (Å²) in [6.07, 6.45) is 8.42. The Morgan fingerprint density at radius 3 is 2.40 bits per heavy atom. The van der Waals surface area contributed by atoms with Gasteiger partial charge in [0.05, 0.1) is 0 Å². The second-order valence-corrected chi connectivity index (χ2v) is 4.34. The molecule has 1 fully saturated rings. The van der Waals surface area contributed by atoms with E-state index in [1.54, 1.807) is 0 Å². The van der Waals surface area contributed by atoms with Gasteiger partial charge in [0.2, 0.25) is 0 Å². The third kappa shape index (κ3) is 5.05. The minimum absolute atomic E-state index is 0.146. The molecule has 0 aromatic rings. The van der Waals surface area contributed by atoms with Crippen molar-refractivity contribution in [1.29, 1.82) is 0 Å². The van der Waals surface area contributed by atoms with Crippen LogP contribution in [0.5, 0.6) is 0 Å². The van der Waals surface area contributed by atoms with Crippen molar-refractivity contribution in [2.45, 2.75) is 51.9 Å². The molecular formula is C12H24N2O. The lowest BCUT2D eigenvalue weighted by atomic mass is 10.2. The van der Waals surface area contributed by atoms with E-state index in [-0.39, 0.29) is 6.03 Å². The molecule has 88 valence electrons. The summed E-state index contributed by atoms with van der Waals surface area (Å²) in [4.78, 5) is 13.7. The largest absolute Gasteiger partial charge is 0.338 e. The lowest BCUT2D eigenvalue weighted by molar-refractivity contribution is 0.199. The molecule has 1 saturated heterocycles. The molecule has 0 radical (unpaired) electrons. The first-order chi connectivity index (χ1) is 7.34. The molecule has 0 atom stereocenters. The fourth-order valence-corrected chi connectivity index (χ4v) is 1.96. The van der Waals surface area contributed by atoms with Crippen LogP contribution in [0.3, 0.4) is 0 Å². The average molecular weight is 212 g/mol. The smallest absolute Gasteiger partial charge is 0.317 e. The van der Waals surface area contributed by atoms with E-state index in [0.717, 1.165) is 26.1 Å². The van der Waals surface area contributed by atoms with Crippen LogP contribution in [0, 0.1) is 0 Å². The summed E-state index contributed by atoms with van der Waals surface area (Å²) in [5, 5.41) is 3.00. The standard InChI is InChI=1S/C12H24N2O/c1-2-3-6-9-13-12(15)14-10-7-4-5-8-11-14/h2-11H2,1H3,(H,13,15). The Labute approximate surface area is 93.2 Å². The molecule has 1 heterocycles. The number of carbonyl (C=O) groups is 1. The Morgan fingerprint density at radius 1 is 1.13 bits per heavy atom. The summed E-state index contributed by atoms with van der Waals surface area (Å²) < 4.78 is 0. The van der Waals surface area contributed by atoms with Gasteiger partial charge in [-0.25, -0.2) is 4.79 Å². The zero-order valence-corrected chi connectivity index (χ0v) is 9.93. The van der Waals surface area contributed by atoms with E-state index in [1.807, 2.05) is 4.90 Å². The van der Waals surface area contributed by atoms with Gasteiger partial charge in [-0.3, -0.25) is 0 Å². The number of likely N-dealkylation sites (tertiary alicyclic amines) is 1. The number of carbonyl (C=O) groups excluding carboxylic acids is 1. The molecule has 0 spiro atoms. The summed E-state index contributed by atoms with van der Waals surface area (Å²) >= 11 is 0. The van der Waals surface area contributed by atoms with Crippen LogP contribution in [0.2, 0.25) is 0 Å². The predicted molar refractivity (Wildman–Crippen MR) is 63.0 cm³/mol. The van der Waals surface area contributed by atoms with E-state index < -0.39 is 0 Å². The predicted octanol–water partition coefficient (Wildman–Crippen LogP) is 2.76. The van der Waals surface area contributed by atoms with Gasteiger partial charge >= 0.3 is 6.03 Å². The van der Waals surface area contributed by atoms with E-state index in [4.69, 9.17) is 0 Å². The van der Waals surface area contributed by atoms with Crippen molar-refractivity contribution in [3.63, 3.8) is 0 Å². The summed E-state index contributed by atoms with van der Waals surface area (Å²) in [5.41, 5.74) is 0. The average Bonchev–Trinajstić information content (AvgIpc) is 2.52. The topological polar surface area (TPSA) is 32.3 Å². The second-order valence-electron chi connectivity index (χ2n) is 4.34. The first-order valence-electron chi connectivity index (χ1n) is 6.37. The summed E-state index contributed by atoms with van der Waals surface area (Å²) in [7, 11) is 0. The van der Waals surface area contributed by atoms with Gasteiger partial charge in [-0.15, -0.1) is 0 Å². The maximum Gasteiger partial charge on any atom is 0.317 e. The van der Waals surface area contributed by atoms with Crippen molar-refractivity contribution >= 4 is 6.03 Å². The normalized spacial score (nSPS) is 17.3. The van der Waals surface area contributed by atoms with Gasteiger partial charge in [0, 0.05) is 19.6 Å². The maximum atomic E-state index is 11.7. The van der Waals surface area contributed by atoms with Crippen LogP contribution in [0.1, 0.15) is 51.9 Å². The SMILES string of the molecule is CCCCCNC(=O)N1CCCCCC1. The molecule has 0 aromatic carbocycles. The van der Waals surface area contributed by atoms with Gasteiger partial charge in [0.1, 0.15) is 0 Å². The van der Waals surface area contributed by atoms with E-state index in [9.17, 15) is 4.79 Å². The molecule has 1 rings (SSSR count). The monoisotopic (exact) mass is 212 g/mol. The fourth-order valence-electron chi connectivity index (χ4n) is 1.96. The van der Waals surface area contributed by atoms with Crippen LogP contribution < -0.4 is 5.32 Å². The molecular weight excluding hydrogens is 188 g/mol. The number of amides is 2. The number of nitrogens with zero attached hydrogens (tertiary/aromatic N) is 1. The van der Waals surface area contributed by atoms with Crippen molar-refractivity contribution in [2.24, 2.45) is 0 Å². The molecule has 0 aromatic heterocycles. The number of nitrogens with one attached hydrogen (secondary N) is 1. The first-order valence-corrected chi connectivity index (χ1v) is 6.37. The lowest BCUT2D eigenvalue weighted by Crippen LogP contribution is -2.40. The van der Waals surface area contributed by atoms with Crippen molar-refractivity contribution in [3.8, 4) is 0 Å². The van der Waals surface area contributed by atoms with E-state index in [2.05, 4.69) is 12.2 Å². The van der Waals surface area contributed by atoms with Crippen LogP contribution >= 0.6 is 0 Å². The fraction of sp³-hybridized carbons (Fsp3) is 0.917. The van der Waals surface area contributed by atoms with E-state index in [0.29, 0.717) is 0 Å². The van der Waals surface area contributed by atoms with Crippen LogP contribution in [-0.2, 0) is 0 Å². The van der Waals surface area contributed by atoms with Crippen molar-refractivity contribution in [2.75, 3.05) is 19.6 Å². The molecule has 3 heteroatoms. The van der Waals surface area contributed by atoms with Crippen LogP contribution in [0.15, 0.2) is 0 Å². The molecule has 1 N–H and O–H groups in total. The second kappa shape index (κ2) is 7.55. The molecule has 0 saturated carbocycles. The highest BCUT2D eigenvalue weighted by molar-refractivity contribution is 5.74. The summed E-state index contributed by atoms with van der Waals surface area (Å²) in [6, 6.07) is 0.146. The first kappa shape index (κ1) is 12.3. The number of unbranched alkanes of at least 4 members (excludes halogenated alkanes) is 2. The third-order valence-electron chi connectivity index (χ3n) is 2.95. The number of urea groups is 1. The van der Waals surface area contributed by atoms with Crippen molar-refractivity contribution in [3.05, 3.63) is 0 Å². The molecule has 2 amide bonds. The van der Waals surface area contributed by atoms with Gasteiger partial charge in [-0.1, -0.05) is 32.6 Å². The summed E-state index contributed by atoms with van der Waals surface area (Å²) in [6.45, 7) is 4.90. The highest BCUT2D eigenvalue weighted by Crippen LogP contribution is 2.09. The Hall–Kier alpha value is -0.730. The zero-order valence-electron chi connectivity index (χ0n) is 9.93. The van der Waals surface area contributed by atoms with Crippen molar-refractivity contribution in [1.82, 2.24) is 10.2 Å². The van der Waals surface area contributed by atoms with Crippen molar-refractivity contribution < 1.29 is 4.79 Å². The van der Waals surface area contributed by atoms with Crippen LogP contribution in [0.25, 0.3) is 0 Å². The summed E-state index contributed by atoms with van der Waals surface area (Å²) in [5.74, 6) is 0. The number of hydrogen-bond acceptors (Lipinski definition) is 1. The van der Waals surface area contributed by atoms with Crippen LogP contribution in [0.4, 0.5) is 4.79 Å². The van der Waals surface area contributed by atoms with E-state index in [1.165, 1.54) is 38.5 Å². The highest BCUT2D eigenvalue weighted by atomic mass is 16.2. The molecule has 0 unspecified atom stereocenters. The Bertz CT molecular complexity index is 174. The maximum absolute atomic E-state index is 11.7. The number of rotatable bonds is 4. The minimum Gasteiger partial charge on any atom is -0.338 e. The Morgan fingerprint density at radius 2 is 1.80 bits per heavy atom. The quantitative estimate of drug-likeness (QED) is 0.714. The van der Waals surface area contributed by atoms with Gasteiger partial charge in [0.25, 0.3) is 0 Å². The Kier molecular flexibility index (Phi) is 6.21. The zero-order chi connectivity index (χ0) is 10.9. The molecule has 0 bridgehead atoms. The third-order valence-corrected chi connectivity index (χ3v) is 2.95. The van der Waals surface area contributed by atoms with Gasteiger partial charge in [0.15, 0.2) is 0 Å². The molecule has 15 heavy (non-hydrogen) atoms. The minimum atomic E-state index is 0.146. The van der Waals surface area contributed by atoms with Crippen LogP contribution in [-0.4, -0.2) is 30.6 Å². The molecule has 3 nitrogen and oxygen atoms in total. The van der Waals surface area contributed by atoms with Gasteiger partial charge in [-0.2, -0.15) is 0 Å². The highest BCUT2D eigenvalue weighted by Gasteiger charge is 2.14. The molecule has 1 aliphatic heterocycles. The van der Waals surface area contributed by atoms with E-state index >= 15 is 0 Å². The Balaban J connectivity index is 2.14. The molecule has 0 aliphatic carbocycles. The number of hydrogen-bond donors (Lipinski definition) is 1. The lowest BCUT2D eigenvalue weighted by Gasteiger charge is -2.20.